The predicted octanol–water partition coefficient (Wildman–Crippen LogP) is 2.76. The summed E-state index contributed by atoms with van der Waals surface area (Å²) in [6.45, 7) is 2.26. The molecule has 0 aromatic heterocycles. The maximum absolute atomic E-state index is 13.5. The van der Waals surface area contributed by atoms with Gasteiger partial charge in [-0.3, -0.25) is 9.59 Å². The summed E-state index contributed by atoms with van der Waals surface area (Å²) in [5.41, 5.74) is 0.158. The van der Waals surface area contributed by atoms with Gasteiger partial charge >= 0.3 is 0 Å². The van der Waals surface area contributed by atoms with Crippen molar-refractivity contribution in [1.29, 1.82) is 0 Å². The standard InChI is InChI=1S/C21H25NO4S/c1-11-7-12-9-14-15(8-11)18(16(14)10-12)21(24)19-20(23)13-5-3-4-6-17(13)27(25,26)22(19)2/h3-6,11-12,14-16,18-19H,7-10H2,1-2H3. The number of likely N-dealkylation sites (N-methyl/N-ethyl adjacent to an activating group) is 1. The molecule has 7 atom stereocenters. The Morgan fingerprint density at radius 2 is 1.70 bits per heavy atom. The van der Waals surface area contributed by atoms with E-state index in [9.17, 15) is 18.0 Å². The van der Waals surface area contributed by atoms with E-state index in [1.807, 2.05) is 0 Å². The van der Waals surface area contributed by atoms with Crippen LogP contribution in [-0.2, 0) is 14.8 Å². The van der Waals surface area contributed by atoms with Gasteiger partial charge in [0.05, 0.1) is 4.90 Å². The minimum atomic E-state index is -3.83. The second-order valence-corrected chi connectivity index (χ2v) is 11.1. The molecule has 1 aromatic rings. The van der Waals surface area contributed by atoms with Gasteiger partial charge in [0.25, 0.3) is 0 Å². The largest absolute Gasteiger partial charge is 0.297 e. The van der Waals surface area contributed by atoms with Crippen molar-refractivity contribution in [3.63, 3.8) is 0 Å². The van der Waals surface area contributed by atoms with Crippen LogP contribution in [0.4, 0.5) is 0 Å². The number of ketones is 2. The monoisotopic (exact) mass is 387 g/mol. The molecule has 5 nitrogen and oxygen atoms in total. The van der Waals surface area contributed by atoms with Crippen LogP contribution in [0.2, 0.25) is 0 Å². The first kappa shape index (κ1) is 17.6. The van der Waals surface area contributed by atoms with Gasteiger partial charge in [-0.15, -0.1) is 0 Å². The lowest BCUT2D eigenvalue weighted by Gasteiger charge is -2.51. The minimum absolute atomic E-state index is 0.0141. The van der Waals surface area contributed by atoms with Gasteiger partial charge in [-0.05, 0) is 67.4 Å². The molecule has 1 heterocycles. The van der Waals surface area contributed by atoms with Crippen molar-refractivity contribution in [3.8, 4) is 0 Å². The van der Waals surface area contributed by atoms with Gasteiger partial charge in [0.15, 0.2) is 11.6 Å². The lowest BCUT2D eigenvalue weighted by atomic mass is 9.53. The average Bonchev–Trinajstić information content (AvgIpc) is 2.89. The zero-order chi connectivity index (χ0) is 19.1. The van der Waals surface area contributed by atoms with Crippen LogP contribution in [0.25, 0.3) is 0 Å². The summed E-state index contributed by atoms with van der Waals surface area (Å²) in [7, 11) is -2.45. The summed E-state index contributed by atoms with van der Waals surface area (Å²) in [5.74, 6) is 1.89. The number of Topliss-reactive ketones (excluding diaryl/α,β-unsaturated/α-hetero) is 2. The normalized spacial score (nSPS) is 42.1. The van der Waals surface area contributed by atoms with Crippen molar-refractivity contribution in [2.75, 3.05) is 7.05 Å². The highest BCUT2D eigenvalue weighted by Crippen LogP contribution is 2.63. The van der Waals surface area contributed by atoms with Crippen molar-refractivity contribution < 1.29 is 18.0 Å². The van der Waals surface area contributed by atoms with Gasteiger partial charge in [0, 0.05) is 18.5 Å². The number of benzene rings is 1. The van der Waals surface area contributed by atoms with Crippen LogP contribution in [0.3, 0.4) is 0 Å². The third-order valence-corrected chi connectivity index (χ3v) is 9.54. The Morgan fingerprint density at radius 3 is 2.48 bits per heavy atom. The van der Waals surface area contributed by atoms with Gasteiger partial charge < -0.3 is 0 Å². The summed E-state index contributed by atoms with van der Waals surface area (Å²) in [5, 5.41) is 0. The summed E-state index contributed by atoms with van der Waals surface area (Å²) < 4.78 is 26.8. The second-order valence-electron chi connectivity index (χ2n) is 9.12. The number of hydrogen-bond donors (Lipinski definition) is 0. The van der Waals surface area contributed by atoms with Crippen LogP contribution in [0.1, 0.15) is 43.0 Å². The van der Waals surface area contributed by atoms with Gasteiger partial charge in [-0.2, -0.15) is 4.31 Å². The van der Waals surface area contributed by atoms with E-state index in [0.717, 1.165) is 17.1 Å². The van der Waals surface area contributed by atoms with E-state index in [1.165, 1.54) is 32.0 Å². The van der Waals surface area contributed by atoms with E-state index in [4.69, 9.17) is 0 Å². The van der Waals surface area contributed by atoms with Crippen LogP contribution in [0, 0.1) is 35.5 Å². The number of sulfonamides is 1. The van der Waals surface area contributed by atoms with E-state index in [0.29, 0.717) is 29.6 Å². The summed E-state index contributed by atoms with van der Waals surface area (Å²) >= 11 is 0. The maximum atomic E-state index is 13.5. The van der Waals surface area contributed by atoms with Crippen LogP contribution in [-0.4, -0.2) is 37.4 Å². The Bertz CT molecular complexity index is 939. The van der Waals surface area contributed by atoms with Crippen molar-refractivity contribution in [2.45, 2.75) is 43.5 Å². The van der Waals surface area contributed by atoms with E-state index >= 15 is 0 Å². The van der Waals surface area contributed by atoms with Gasteiger partial charge in [0.1, 0.15) is 6.04 Å². The molecule has 0 N–H and O–H groups in total. The summed E-state index contributed by atoms with van der Waals surface area (Å²) in [6, 6.07) is 5.04. The molecule has 7 unspecified atom stereocenters. The quantitative estimate of drug-likeness (QED) is 0.732. The van der Waals surface area contributed by atoms with Crippen LogP contribution in [0.5, 0.6) is 0 Å². The highest BCUT2D eigenvalue weighted by molar-refractivity contribution is 7.89. The predicted molar refractivity (Wildman–Crippen MR) is 99.6 cm³/mol. The molecule has 6 heteroatoms. The van der Waals surface area contributed by atoms with E-state index < -0.39 is 16.1 Å². The second kappa shape index (κ2) is 5.74. The molecule has 3 aliphatic carbocycles. The lowest BCUT2D eigenvalue weighted by Crippen LogP contribution is -2.59. The topological polar surface area (TPSA) is 71.5 Å². The number of carbonyl (C=O) groups excluding carboxylic acids is 2. The average molecular weight is 388 g/mol. The molecule has 3 saturated carbocycles. The fourth-order valence-electron chi connectivity index (χ4n) is 6.62. The van der Waals surface area contributed by atoms with Crippen LogP contribution < -0.4 is 0 Å². The maximum Gasteiger partial charge on any atom is 0.244 e. The summed E-state index contributed by atoms with van der Waals surface area (Å²) in [6.07, 6.45) is 4.55. The molecule has 0 radical (unpaired) electrons. The fourth-order valence-corrected chi connectivity index (χ4v) is 8.10. The smallest absolute Gasteiger partial charge is 0.244 e. The van der Waals surface area contributed by atoms with Crippen LogP contribution in [0.15, 0.2) is 29.2 Å². The molecule has 5 rings (SSSR count). The lowest BCUT2D eigenvalue weighted by molar-refractivity contribution is -0.140. The molecule has 0 saturated heterocycles. The molecule has 144 valence electrons. The Balaban J connectivity index is 1.52. The molecule has 27 heavy (non-hydrogen) atoms. The Hall–Kier alpha value is -1.53. The van der Waals surface area contributed by atoms with Gasteiger partial charge in [-0.25, -0.2) is 8.42 Å². The van der Waals surface area contributed by atoms with E-state index in [1.54, 1.807) is 12.1 Å². The van der Waals surface area contributed by atoms with Crippen molar-refractivity contribution in [2.24, 2.45) is 35.5 Å². The van der Waals surface area contributed by atoms with E-state index in [2.05, 4.69) is 6.92 Å². The Kier molecular flexibility index (Phi) is 3.73. The number of carbonyl (C=O) groups is 2. The SMILES string of the molecule is CC1CC2CC3C(C1)C(C(=O)C1C(=O)c4ccccc4S(=O)(=O)N1C)C3C2. The first-order valence-electron chi connectivity index (χ1n) is 9.95. The van der Waals surface area contributed by atoms with E-state index in [-0.39, 0.29) is 27.9 Å². The van der Waals surface area contributed by atoms with Crippen molar-refractivity contribution in [3.05, 3.63) is 29.8 Å². The molecule has 2 bridgehead atoms. The third kappa shape index (κ3) is 2.29. The Morgan fingerprint density at radius 1 is 1.04 bits per heavy atom. The van der Waals surface area contributed by atoms with Gasteiger partial charge in [0.2, 0.25) is 10.0 Å². The molecular weight excluding hydrogens is 362 g/mol. The third-order valence-electron chi connectivity index (χ3n) is 7.66. The number of nitrogens with zero attached hydrogens (tertiary/aromatic N) is 1. The molecular formula is C21H25NO4S. The van der Waals surface area contributed by atoms with Crippen LogP contribution >= 0.6 is 0 Å². The molecule has 3 fully saturated rings. The molecule has 1 aromatic carbocycles. The van der Waals surface area contributed by atoms with Crippen molar-refractivity contribution in [1.82, 2.24) is 4.31 Å². The first-order chi connectivity index (χ1) is 12.8. The number of fused-ring (bicyclic) bond motifs is 2. The molecule has 1 aliphatic heterocycles. The molecule has 4 aliphatic rings. The fraction of sp³-hybridized carbons (Fsp3) is 0.619. The van der Waals surface area contributed by atoms with Gasteiger partial charge in [-0.1, -0.05) is 19.1 Å². The first-order valence-corrected chi connectivity index (χ1v) is 11.4. The Labute approximate surface area is 160 Å². The zero-order valence-electron chi connectivity index (χ0n) is 15.7. The zero-order valence-corrected chi connectivity index (χ0v) is 16.5. The molecule has 0 spiro atoms. The minimum Gasteiger partial charge on any atom is -0.297 e. The summed E-state index contributed by atoms with van der Waals surface area (Å²) in [4.78, 5) is 26.6. The number of hydrogen-bond acceptors (Lipinski definition) is 4. The molecule has 0 amide bonds. The highest BCUT2D eigenvalue weighted by Gasteiger charge is 2.61. The van der Waals surface area contributed by atoms with Crippen molar-refractivity contribution >= 4 is 21.6 Å². The highest BCUT2D eigenvalue weighted by atomic mass is 32.2. The number of rotatable bonds is 2.